The Labute approximate surface area is 146 Å². The Morgan fingerprint density at radius 1 is 1.17 bits per heavy atom. The van der Waals surface area contributed by atoms with Crippen LogP contribution in [0.3, 0.4) is 0 Å². The molecule has 1 aliphatic heterocycles. The monoisotopic (exact) mass is 342 g/mol. The van der Waals surface area contributed by atoms with Crippen LogP contribution in [0, 0.1) is 0 Å². The Morgan fingerprint density at radius 2 is 1.88 bits per heavy atom. The lowest BCUT2D eigenvalue weighted by molar-refractivity contribution is 0.0601. The van der Waals surface area contributed by atoms with E-state index in [1.54, 1.807) is 24.4 Å². The Bertz CT molecular complexity index is 750. The summed E-state index contributed by atoms with van der Waals surface area (Å²) in [4.78, 5) is 18.4. The first kappa shape index (κ1) is 16.5. The summed E-state index contributed by atoms with van der Waals surface area (Å²) in [5.74, 6) is -0.405. The van der Waals surface area contributed by atoms with Gasteiger partial charge in [-0.2, -0.15) is 0 Å². The lowest BCUT2D eigenvalue weighted by Crippen LogP contribution is -2.17. The standard InChI is InChI=1S/C19H19ClN2O2/c1-24-19(23)15-6-9-17(20)18(12-15)21-13-14-4-7-16(8-5-14)22-10-2-3-11-22/h4-9,12-13H,2-3,10-11H2,1H3. The zero-order valence-corrected chi connectivity index (χ0v) is 14.3. The molecule has 0 aromatic heterocycles. The molecule has 0 spiro atoms. The number of halogens is 1. The molecule has 0 atom stereocenters. The molecule has 0 N–H and O–H groups in total. The highest BCUT2D eigenvalue weighted by atomic mass is 35.5. The third-order valence-electron chi connectivity index (χ3n) is 4.08. The van der Waals surface area contributed by atoms with Crippen molar-refractivity contribution in [2.24, 2.45) is 4.99 Å². The highest BCUT2D eigenvalue weighted by molar-refractivity contribution is 6.33. The van der Waals surface area contributed by atoms with Crippen molar-refractivity contribution in [3.05, 3.63) is 58.6 Å². The van der Waals surface area contributed by atoms with Gasteiger partial charge in [0.2, 0.25) is 0 Å². The molecular weight excluding hydrogens is 324 g/mol. The molecule has 0 amide bonds. The summed E-state index contributed by atoms with van der Waals surface area (Å²) in [5, 5.41) is 0.493. The molecular formula is C19H19ClN2O2. The van der Waals surface area contributed by atoms with Crippen LogP contribution >= 0.6 is 11.6 Å². The van der Waals surface area contributed by atoms with Crippen LogP contribution in [0.5, 0.6) is 0 Å². The van der Waals surface area contributed by atoms with Crippen molar-refractivity contribution in [2.45, 2.75) is 12.8 Å². The minimum Gasteiger partial charge on any atom is -0.465 e. The zero-order valence-electron chi connectivity index (χ0n) is 13.5. The summed E-state index contributed by atoms with van der Waals surface area (Å²) >= 11 is 6.15. The SMILES string of the molecule is COC(=O)c1ccc(Cl)c(N=Cc2ccc(N3CCCC3)cc2)c1. The molecule has 24 heavy (non-hydrogen) atoms. The fraction of sp³-hybridized carbons (Fsp3) is 0.263. The van der Waals surface area contributed by atoms with E-state index in [1.807, 2.05) is 12.1 Å². The summed E-state index contributed by atoms with van der Waals surface area (Å²) < 4.78 is 4.72. The smallest absolute Gasteiger partial charge is 0.337 e. The van der Waals surface area contributed by atoms with Crippen molar-refractivity contribution >= 4 is 35.2 Å². The summed E-state index contributed by atoms with van der Waals surface area (Å²) in [7, 11) is 1.35. The summed E-state index contributed by atoms with van der Waals surface area (Å²) in [6, 6.07) is 13.2. The van der Waals surface area contributed by atoms with E-state index in [0.717, 1.165) is 18.7 Å². The molecule has 0 radical (unpaired) electrons. The van der Waals surface area contributed by atoms with Crippen LogP contribution in [0.1, 0.15) is 28.8 Å². The molecule has 2 aromatic carbocycles. The number of carbonyl (C=O) groups excluding carboxylic acids is 1. The number of esters is 1. The number of hydrogen-bond acceptors (Lipinski definition) is 4. The predicted octanol–water partition coefficient (Wildman–Crippen LogP) is 4.48. The van der Waals surface area contributed by atoms with Gasteiger partial charge in [0.25, 0.3) is 0 Å². The molecule has 1 heterocycles. The van der Waals surface area contributed by atoms with Crippen LogP contribution in [0.2, 0.25) is 5.02 Å². The second-order valence-electron chi connectivity index (χ2n) is 5.70. The number of nitrogens with zero attached hydrogens (tertiary/aromatic N) is 2. The van der Waals surface area contributed by atoms with Crippen LogP contribution in [-0.4, -0.2) is 32.4 Å². The fourth-order valence-electron chi connectivity index (χ4n) is 2.75. The average molecular weight is 343 g/mol. The Hall–Kier alpha value is -2.33. The third-order valence-corrected chi connectivity index (χ3v) is 4.40. The van der Waals surface area contributed by atoms with Crippen LogP contribution in [0.25, 0.3) is 0 Å². The molecule has 2 aromatic rings. The molecule has 0 bridgehead atoms. The lowest BCUT2D eigenvalue weighted by atomic mass is 10.2. The van der Waals surface area contributed by atoms with Gasteiger partial charge in [-0.25, -0.2) is 4.79 Å². The van der Waals surface area contributed by atoms with Crippen LogP contribution < -0.4 is 4.90 Å². The van der Waals surface area contributed by atoms with Gasteiger partial charge in [-0.3, -0.25) is 4.99 Å². The summed E-state index contributed by atoms with van der Waals surface area (Å²) in [6.45, 7) is 2.26. The lowest BCUT2D eigenvalue weighted by Gasteiger charge is -2.17. The third kappa shape index (κ3) is 3.77. The number of benzene rings is 2. The van der Waals surface area contributed by atoms with Crippen molar-refractivity contribution in [3.8, 4) is 0 Å². The summed E-state index contributed by atoms with van der Waals surface area (Å²) in [6.07, 6.45) is 4.27. The van der Waals surface area contributed by atoms with E-state index in [1.165, 1.54) is 25.6 Å². The van der Waals surface area contributed by atoms with Gasteiger partial charge in [0, 0.05) is 25.0 Å². The van der Waals surface area contributed by atoms with Gasteiger partial charge in [-0.05, 0) is 48.7 Å². The van der Waals surface area contributed by atoms with E-state index in [9.17, 15) is 4.79 Å². The Morgan fingerprint density at radius 3 is 2.54 bits per heavy atom. The van der Waals surface area contributed by atoms with Gasteiger partial charge in [0.1, 0.15) is 0 Å². The number of anilines is 1. The van der Waals surface area contributed by atoms with Crippen molar-refractivity contribution < 1.29 is 9.53 Å². The number of ether oxygens (including phenoxy) is 1. The molecule has 124 valence electrons. The maximum atomic E-state index is 11.6. The Kier molecular flexibility index (Phi) is 5.16. The van der Waals surface area contributed by atoms with Crippen LogP contribution in [0.15, 0.2) is 47.5 Å². The molecule has 1 aliphatic rings. The van der Waals surface area contributed by atoms with Gasteiger partial charge in [-0.1, -0.05) is 23.7 Å². The normalized spacial score (nSPS) is 14.3. The summed E-state index contributed by atoms with van der Waals surface area (Å²) in [5.41, 5.74) is 3.20. The predicted molar refractivity (Wildman–Crippen MR) is 97.9 cm³/mol. The fourth-order valence-corrected chi connectivity index (χ4v) is 2.91. The maximum absolute atomic E-state index is 11.6. The number of aliphatic imine (C=N–C) groups is 1. The van der Waals surface area contributed by atoms with E-state index in [4.69, 9.17) is 16.3 Å². The number of rotatable bonds is 4. The first-order valence-electron chi connectivity index (χ1n) is 7.94. The minimum absolute atomic E-state index is 0.405. The van der Waals surface area contributed by atoms with E-state index in [0.29, 0.717) is 16.3 Å². The van der Waals surface area contributed by atoms with Gasteiger partial charge in [-0.15, -0.1) is 0 Å². The maximum Gasteiger partial charge on any atom is 0.337 e. The second kappa shape index (κ2) is 7.49. The number of hydrogen-bond donors (Lipinski definition) is 0. The van der Waals surface area contributed by atoms with E-state index in [2.05, 4.69) is 22.0 Å². The van der Waals surface area contributed by atoms with Gasteiger partial charge in [0.15, 0.2) is 0 Å². The molecule has 1 fully saturated rings. The average Bonchev–Trinajstić information content (AvgIpc) is 3.15. The molecule has 3 rings (SSSR count). The van der Waals surface area contributed by atoms with Crippen molar-refractivity contribution in [3.63, 3.8) is 0 Å². The largest absolute Gasteiger partial charge is 0.465 e. The zero-order chi connectivity index (χ0) is 16.9. The van der Waals surface area contributed by atoms with E-state index < -0.39 is 5.97 Å². The molecule has 5 heteroatoms. The van der Waals surface area contributed by atoms with Crippen LogP contribution in [-0.2, 0) is 4.74 Å². The van der Waals surface area contributed by atoms with E-state index >= 15 is 0 Å². The molecule has 0 saturated carbocycles. The van der Waals surface area contributed by atoms with Crippen molar-refractivity contribution in [2.75, 3.05) is 25.1 Å². The van der Waals surface area contributed by atoms with E-state index in [-0.39, 0.29) is 0 Å². The highest BCUT2D eigenvalue weighted by Crippen LogP contribution is 2.26. The van der Waals surface area contributed by atoms with Gasteiger partial charge < -0.3 is 9.64 Å². The molecule has 0 unspecified atom stereocenters. The molecule has 4 nitrogen and oxygen atoms in total. The van der Waals surface area contributed by atoms with Crippen LogP contribution in [0.4, 0.5) is 11.4 Å². The van der Waals surface area contributed by atoms with Gasteiger partial charge >= 0.3 is 5.97 Å². The van der Waals surface area contributed by atoms with Crippen molar-refractivity contribution in [1.82, 2.24) is 0 Å². The highest BCUT2D eigenvalue weighted by Gasteiger charge is 2.11. The topological polar surface area (TPSA) is 41.9 Å². The van der Waals surface area contributed by atoms with Gasteiger partial charge in [0.05, 0.1) is 23.4 Å². The molecule has 1 saturated heterocycles. The molecule has 0 aliphatic carbocycles. The second-order valence-corrected chi connectivity index (χ2v) is 6.11. The first-order chi connectivity index (χ1) is 11.7. The Balaban J connectivity index is 1.76. The quantitative estimate of drug-likeness (QED) is 0.607. The number of carbonyl (C=O) groups is 1. The first-order valence-corrected chi connectivity index (χ1v) is 8.32. The minimum atomic E-state index is -0.405. The number of methoxy groups -OCH3 is 1. The van der Waals surface area contributed by atoms with Crippen molar-refractivity contribution in [1.29, 1.82) is 0 Å².